The van der Waals surface area contributed by atoms with Crippen molar-refractivity contribution in [2.24, 2.45) is 11.1 Å². The summed E-state index contributed by atoms with van der Waals surface area (Å²) in [5, 5.41) is 0. The number of anilines is 1. The first-order chi connectivity index (χ1) is 8.02. The molecular weight excluding hydrogens is 208 g/mol. The SMILES string of the molecule is Cc1cc(N2CCC(C)(C)C2)ccc1CCN. The lowest BCUT2D eigenvalue weighted by Crippen LogP contribution is -2.22. The Bertz CT molecular complexity index is 396. The lowest BCUT2D eigenvalue weighted by molar-refractivity contribution is 0.418. The maximum atomic E-state index is 5.61. The number of benzene rings is 1. The number of nitrogens with two attached hydrogens (primary N) is 1. The summed E-state index contributed by atoms with van der Waals surface area (Å²) in [6.07, 6.45) is 2.27. The van der Waals surface area contributed by atoms with E-state index in [1.165, 1.54) is 36.3 Å². The first-order valence-electron chi connectivity index (χ1n) is 6.56. The van der Waals surface area contributed by atoms with E-state index in [4.69, 9.17) is 5.73 Å². The van der Waals surface area contributed by atoms with Crippen LogP contribution in [0, 0.1) is 12.3 Å². The first-order valence-corrected chi connectivity index (χ1v) is 6.56. The third-order valence-corrected chi connectivity index (χ3v) is 3.78. The Kier molecular flexibility index (Phi) is 3.43. The van der Waals surface area contributed by atoms with Gasteiger partial charge >= 0.3 is 0 Å². The molecule has 2 rings (SSSR count). The van der Waals surface area contributed by atoms with E-state index in [0.29, 0.717) is 5.41 Å². The number of rotatable bonds is 3. The van der Waals surface area contributed by atoms with Crippen LogP contribution in [0.2, 0.25) is 0 Å². The minimum atomic E-state index is 0.462. The van der Waals surface area contributed by atoms with Gasteiger partial charge in [-0.3, -0.25) is 0 Å². The Balaban J connectivity index is 2.15. The van der Waals surface area contributed by atoms with Crippen molar-refractivity contribution in [3.8, 4) is 0 Å². The lowest BCUT2D eigenvalue weighted by atomic mass is 9.93. The highest BCUT2D eigenvalue weighted by atomic mass is 15.2. The van der Waals surface area contributed by atoms with Crippen LogP contribution in [0.15, 0.2) is 18.2 Å². The van der Waals surface area contributed by atoms with Gasteiger partial charge in [0.1, 0.15) is 0 Å². The van der Waals surface area contributed by atoms with Crippen molar-refractivity contribution in [3.05, 3.63) is 29.3 Å². The van der Waals surface area contributed by atoms with Gasteiger partial charge in [-0.1, -0.05) is 19.9 Å². The van der Waals surface area contributed by atoms with Gasteiger partial charge < -0.3 is 10.6 Å². The molecule has 1 aliphatic heterocycles. The van der Waals surface area contributed by atoms with Crippen LogP contribution in [0.3, 0.4) is 0 Å². The molecule has 1 heterocycles. The van der Waals surface area contributed by atoms with E-state index in [1.807, 2.05) is 0 Å². The van der Waals surface area contributed by atoms with E-state index < -0.39 is 0 Å². The second kappa shape index (κ2) is 4.69. The van der Waals surface area contributed by atoms with E-state index in [1.54, 1.807) is 0 Å². The summed E-state index contributed by atoms with van der Waals surface area (Å²) in [7, 11) is 0. The molecule has 1 aromatic rings. The van der Waals surface area contributed by atoms with Crippen LogP contribution in [0.25, 0.3) is 0 Å². The molecule has 0 bridgehead atoms. The molecule has 0 amide bonds. The average molecular weight is 232 g/mol. The van der Waals surface area contributed by atoms with Crippen LogP contribution in [-0.4, -0.2) is 19.6 Å². The second-order valence-corrected chi connectivity index (χ2v) is 5.99. The Labute approximate surface area is 105 Å². The number of aryl methyl sites for hydroxylation is 1. The molecule has 17 heavy (non-hydrogen) atoms. The van der Waals surface area contributed by atoms with Gasteiger partial charge in [0.05, 0.1) is 0 Å². The molecular formula is C15H24N2. The number of nitrogens with zero attached hydrogens (tertiary/aromatic N) is 1. The molecule has 0 unspecified atom stereocenters. The Morgan fingerprint density at radius 2 is 2.12 bits per heavy atom. The molecule has 2 heteroatoms. The Morgan fingerprint density at radius 1 is 1.35 bits per heavy atom. The zero-order chi connectivity index (χ0) is 12.5. The van der Waals surface area contributed by atoms with E-state index in [0.717, 1.165) is 13.0 Å². The maximum absolute atomic E-state index is 5.61. The van der Waals surface area contributed by atoms with Crippen molar-refractivity contribution in [1.82, 2.24) is 0 Å². The van der Waals surface area contributed by atoms with Crippen LogP contribution in [-0.2, 0) is 6.42 Å². The van der Waals surface area contributed by atoms with Crippen molar-refractivity contribution in [1.29, 1.82) is 0 Å². The fraction of sp³-hybridized carbons (Fsp3) is 0.600. The summed E-state index contributed by atoms with van der Waals surface area (Å²) in [6, 6.07) is 6.80. The van der Waals surface area contributed by atoms with Gasteiger partial charge in [0, 0.05) is 18.8 Å². The second-order valence-electron chi connectivity index (χ2n) is 5.99. The topological polar surface area (TPSA) is 29.3 Å². The molecule has 0 radical (unpaired) electrons. The minimum Gasteiger partial charge on any atom is -0.371 e. The van der Waals surface area contributed by atoms with E-state index in [9.17, 15) is 0 Å². The standard InChI is InChI=1S/C15H24N2/c1-12-10-14(5-4-13(12)6-8-16)17-9-7-15(2,3)11-17/h4-5,10H,6-9,11,16H2,1-3H3. The molecule has 94 valence electrons. The molecule has 1 aromatic carbocycles. The molecule has 0 aromatic heterocycles. The van der Waals surface area contributed by atoms with Gasteiger partial charge in [-0.25, -0.2) is 0 Å². The Hall–Kier alpha value is -1.02. The normalized spacial score (nSPS) is 18.7. The predicted octanol–water partition coefficient (Wildman–Crippen LogP) is 2.73. The molecule has 0 spiro atoms. The fourth-order valence-corrected chi connectivity index (χ4v) is 2.65. The van der Waals surface area contributed by atoms with Gasteiger partial charge in [0.2, 0.25) is 0 Å². The molecule has 2 nitrogen and oxygen atoms in total. The molecule has 0 atom stereocenters. The highest BCUT2D eigenvalue weighted by molar-refractivity contribution is 5.52. The molecule has 1 fully saturated rings. The van der Waals surface area contributed by atoms with Gasteiger partial charge in [0.25, 0.3) is 0 Å². The molecule has 1 aliphatic rings. The van der Waals surface area contributed by atoms with E-state index in [2.05, 4.69) is 43.9 Å². The monoisotopic (exact) mass is 232 g/mol. The number of hydrogen-bond acceptors (Lipinski definition) is 2. The lowest BCUT2D eigenvalue weighted by Gasteiger charge is -2.22. The average Bonchev–Trinajstić information content (AvgIpc) is 2.62. The van der Waals surface area contributed by atoms with Crippen LogP contribution < -0.4 is 10.6 Å². The fourth-order valence-electron chi connectivity index (χ4n) is 2.65. The summed E-state index contributed by atoms with van der Waals surface area (Å²) in [5.41, 5.74) is 10.2. The third-order valence-electron chi connectivity index (χ3n) is 3.78. The minimum absolute atomic E-state index is 0.462. The molecule has 1 saturated heterocycles. The van der Waals surface area contributed by atoms with Gasteiger partial charge in [-0.05, 0) is 55.0 Å². The summed E-state index contributed by atoms with van der Waals surface area (Å²) in [5.74, 6) is 0. The van der Waals surface area contributed by atoms with Crippen LogP contribution in [0.4, 0.5) is 5.69 Å². The Morgan fingerprint density at radius 3 is 2.65 bits per heavy atom. The summed E-state index contributed by atoms with van der Waals surface area (Å²) in [6.45, 7) is 9.98. The zero-order valence-electron chi connectivity index (χ0n) is 11.3. The summed E-state index contributed by atoms with van der Waals surface area (Å²) < 4.78 is 0. The summed E-state index contributed by atoms with van der Waals surface area (Å²) in [4.78, 5) is 2.50. The third kappa shape index (κ3) is 2.81. The predicted molar refractivity (Wildman–Crippen MR) is 74.5 cm³/mol. The summed E-state index contributed by atoms with van der Waals surface area (Å²) >= 11 is 0. The largest absolute Gasteiger partial charge is 0.371 e. The smallest absolute Gasteiger partial charge is 0.0369 e. The van der Waals surface area contributed by atoms with Gasteiger partial charge in [-0.15, -0.1) is 0 Å². The molecule has 0 aliphatic carbocycles. The van der Waals surface area contributed by atoms with Crippen molar-refractivity contribution in [3.63, 3.8) is 0 Å². The van der Waals surface area contributed by atoms with Crippen molar-refractivity contribution in [2.45, 2.75) is 33.6 Å². The zero-order valence-corrected chi connectivity index (χ0v) is 11.3. The molecule has 0 saturated carbocycles. The van der Waals surface area contributed by atoms with Crippen LogP contribution in [0.1, 0.15) is 31.4 Å². The highest BCUT2D eigenvalue weighted by Gasteiger charge is 2.29. The van der Waals surface area contributed by atoms with Crippen molar-refractivity contribution < 1.29 is 0 Å². The van der Waals surface area contributed by atoms with E-state index >= 15 is 0 Å². The van der Waals surface area contributed by atoms with Crippen molar-refractivity contribution >= 4 is 5.69 Å². The first kappa shape index (κ1) is 12.4. The quantitative estimate of drug-likeness (QED) is 0.868. The van der Waals surface area contributed by atoms with Crippen LogP contribution >= 0.6 is 0 Å². The van der Waals surface area contributed by atoms with Crippen LogP contribution in [0.5, 0.6) is 0 Å². The van der Waals surface area contributed by atoms with Gasteiger partial charge in [0.15, 0.2) is 0 Å². The maximum Gasteiger partial charge on any atom is 0.0369 e. The molecule has 2 N–H and O–H groups in total. The van der Waals surface area contributed by atoms with E-state index in [-0.39, 0.29) is 0 Å². The highest BCUT2D eigenvalue weighted by Crippen LogP contribution is 2.33. The number of hydrogen-bond donors (Lipinski definition) is 1. The van der Waals surface area contributed by atoms with Gasteiger partial charge in [-0.2, -0.15) is 0 Å². The van der Waals surface area contributed by atoms with Crippen molar-refractivity contribution in [2.75, 3.05) is 24.5 Å².